The van der Waals surface area contributed by atoms with Gasteiger partial charge in [-0.3, -0.25) is 5.41 Å². The molecule has 0 aromatic carbocycles. The van der Waals surface area contributed by atoms with Crippen molar-refractivity contribution in [2.24, 2.45) is 17.4 Å². The fraction of sp³-hybridized carbons (Fsp3) is 0.833. The van der Waals surface area contributed by atoms with Gasteiger partial charge in [0.05, 0.1) is 5.84 Å². The van der Waals surface area contributed by atoms with Crippen molar-refractivity contribution in [1.29, 1.82) is 5.41 Å². The summed E-state index contributed by atoms with van der Waals surface area (Å²) in [4.78, 5) is 0. The molecule has 0 bridgehead atoms. The van der Waals surface area contributed by atoms with E-state index in [1.54, 1.807) is 0 Å². The highest BCUT2D eigenvalue weighted by atomic mass is 35.5. The number of nitrogens with one attached hydrogen (secondary N) is 1. The zero-order valence-electron chi connectivity index (χ0n) is 6.25. The van der Waals surface area contributed by atoms with Crippen LogP contribution in [0.3, 0.4) is 0 Å². The summed E-state index contributed by atoms with van der Waals surface area (Å²) < 4.78 is 0. The lowest BCUT2D eigenvalue weighted by atomic mass is 10.0. The summed E-state index contributed by atoms with van der Waals surface area (Å²) >= 11 is 0. The molecule has 1 fully saturated rings. The van der Waals surface area contributed by atoms with E-state index in [-0.39, 0.29) is 42.6 Å². The van der Waals surface area contributed by atoms with Crippen molar-refractivity contribution in [2.45, 2.75) is 25.3 Å². The lowest BCUT2D eigenvalue weighted by Crippen LogP contribution is -2.34. The lowest BCUT2D eigenvalue weighted by molar-refractivity contribution is 0.606. The van der Waals surface area contributed by atoms with Crippen molar-refractivity contribution < 1.29 is 0 Å². The summed E-state index contributed by atoms with van der Waals surface area (Å²) in [6.07, 6.45) is 3.17. The summed E-state index contributed by atoms with van der Waals surface area (Å²) in [5.41, 5.74) is 11.0. The summed E-state index contributed by atoms with van der Waals surface area (Å²) in [6, 6.07) is 0.155. The van der Waals surface area contributed by atoms with Crippen LogP contribution in [-0.4, -0.2) is 11.9 Å². The van der Waals surface area contributed by atoms with Gasteiger partial charge in [-0.2, -0.15) is 0 Å². The third-order valence-electron chi connectivity index (χ3n) is 1.97. The van der Waals surface area contributed by atoms with Crippen LogP contribution in [0.5, 0.6) is 0 Å². The largest absolute Gasteiger partial charge is 0.387 e. The van der Waals surface area contributed by atoms with Crippen molar-refractivity contribution in [3.05, 3.63) is 0 Å². The maximum atomic E-state index is 7.12. The number of hydrogen-bond donors (Lipinski definition) is 3. The zero-order chi connectivity index (χ0) is 6.85. The molecule has 0 radical (unpaired) electrons. The van der Waals surface area contributed by atoms with Crippen LogP contribution < -0.4 is 11.5 Å². The first-order chi connectivity index (χ1) is 4.22. The second-order valence-corrected chi connectivity index (χ2v) is 2.66. The third kappa shape index (κ3) is 3.27. The molecule has 68 valence electrons. The average molecular weight is 200 g/mol. The lowest BCUT2D eigenvalue weighted by Gasteiger charge is -2.11. The van der Waals surface area contributed by atoms with Crippen LogP contribution in [0.25, 0.3) is 0 Å². The van der Waals surface area contributed by atoms with Gasteiger partial charge in [-0.15, -0.1) is 24.8 Å². The fourth-order valence-electron chi connectivity index (χ4n) is 1.37. The molecule has 0 amide bonds. The first-order valence-electron chi connectivity index (χ1n) is 3.31. The zero-order valence-corrected chi connectivity index (χ0v) is 7.88. The average Bonchev–Trinajstić information content (AvgIpc) is 2.13. The predicted octanol–water partition coefficient (Wildman–Crippen LogP) is 0.893. The van der Waals surface area contributed by atoms with Gasteiger partial charge in [0.1, 0.15) is 0 Å². The Balaban J connectivity index is 0. The Morgan fingerprint density at radius 1 is 1.27 bits per heavy atom. The molecule has 0 aromatic rings. The number of amidine groups is 1. The normalized spacial score (nSPS) is 28.5. The molecular formula is C6H15Cl2N3. The molecule has 3 nitrogen and oxygen atoms in total. The van der Waals surface area contributed by atoms with Gasteiger partial charge in [0.2, 0.25) is 0 Å². The molecule has 1 aliphatic carbocycles. The minimum atomic E-state index is 0. The SMILES string of the molecule is Cl.Cl.N=C(N)C1CCCC1N. The van der Waals surface area contributed by atoms with Gasteiger partial charge in [0.15, 0.2) is 0 Å². The van der Waals surface area contributed by atoms with Gasteiger partial charge in [-0.25, -0.2) is 0 Å². The van der Waals surface area contributed by atoms with Crippen LogP contribution in [0, 0.1) is 11.3 Å². The molecule has 0 aliphatic heterocycles. The summed E-state index contributed by atoms with van der Waals surface area (Å²) in [5.74, 6) is 0.435. The molecule has 11 heavy (non-hydrogen) atoms. The fourth-order valence-corrected chi connectivity index (χ4v) is 1.37. The number of hydrogen-bond acceptors (Lipinski definition) is 2. The Morgan fingerprint density at radius 3 is 2.00 bits per heavy atom. The van der Waals surface area contributed by atoms with Crippen molar-refractivity contribution in [2.75, 3.05) is 0 Å². The van der Waals surface area contributed by atoms with Crippen LogP contribution in [0.2, 0.25) is 0 Å². The van der Waals surface area contributed by atoms with Crippen LogP contribution >= 0.6 is 24.8 Å². The highest BCUT2D eigenvalue weighted by Crippen LogP contribution is 2.23. The second kappa shape index (κ2) is 5.63. The van der Waals surface area contributed by atoms with E-state index in [2.05, 4.69) is 0 Å². The van der Waals surface area contributed by atoms with Crippen LogP contribution in [-0.2, 0) is 0 Å². The van der Waals surface area contributed by atoms with Crippen LogP contribution in [0.1, 0.15) is 19.3 Å². The molecule has 0 aromatic heterocycles. The van der Waals surface area contributed by atoms with Crippen molar-refractivity contribution >= 4 is 30.6 Å². The third-order valence-corrected chi connectivity index (χ3v) is 1.97. The molecule has 1 rings (SSSR count). The van der Waals surface area contributed by atoms with Crippen molar-refractivity contribution in [3.63, 3.8) is 0 Å². The topological polar surface area (TPSA) is 75.9 Å². The second-order valence-electron chi connectivity index (χ2n) is 2.66. The summed E-state index contributed by atoms with van der Waals surface area (Å²) in [6.45, 7) is 0. The molecule has 5 heteroatoms. The Morgan fingerprint density at radius 2 is 1.82 bits per heavy atom. The highest BCUT2D eigenvalue weighted by Gasteiger charge is 2.25. The van der Waals surface area contributed by atoms with Crippen LogP contribution in [0.15, 0.2) is 0 Å². The standard InChI is InChI=1S/C6H13N3.2ClH/c7-5-3-1-2-4(5)6(8)9;;/h4-5H,1-3,7H2,(H3,8,9);2*1H. The molecule has 5 N–H and O–H groups in total. The van der Waals surface area contributed by atoms with Crippen molar-refractivity contribution in [1.82, 2.24) is 0 Å². The number of rotatable bonds is 1. The molecule has 0 spiro atoms. The summed E-state index contributed by atoms with van der Waals surface area (Å²) in [7, 11) is 0. The predicted molar refractivity (Wildman–Crippen MR) is 51.7 cm³/mol. The van der Waals surface area contributed by atoms with E-state index in [1.165, 1.54) is 0 Å². The van der Waals surface area contributed by atoms with E-state index < -0.39 is 0 Å². The highest BCUT2D eigenvalue weighted by molar-refractivity contribution is 5.85. The molecular weight excluding hydrogens is 185 g/mol. The van der Waals surface area contributed by atoms with Gasteiger partial charge >= 0.3 is 0 Å². The van der Waals surface area contributed by atoms with E-state index in [1.807, 2.05) is 0 Å². The number of halogens is 2. The molecule has 0 saturated heterocycles. The van der Waals surface area contributed by atoms with Gasteiger partial charge in [-0.1, -0.05) is 6.42 Å². The first kappa shape index (κ1) is 13.6. The maximum absolute atomic E-state index is 7.12. The van der Waals surface area contributed by atoms with Gasteiger partial charge < -0.3 is 11.5 Å². The Kier molecular flexibility index (Phi) is 6.96. The van der Waals surface area contributed by atoms with E-state index >= 15 is 0 Å². The van der Waals surface area contributed by atoms with E-state index in [9.17, 15) is 0 Å². The quantitative estimate of drug-likeness (QED) is 0.434. The molecule has 1 saturated carbocycles. The Bertz CT molecular complexity index is 129. The molecule has 0 heterocycles. The monoisotopic (exact) mass is 199 g/mol. The smallest absolute Gasteiger partial charge is 0.0952 e. The molecule has 2 unspecified atom stereocenters. The van der Waals surface area contributed by atoms with E-state index in [0.717, 1.165) is 19.3 Å². The first-order valence-corrected chi connectivity index (χ1v) is 3.31. The van der Waals surface area contributed by atoms with Gasteiger partial charge in [0, 0.05) is 12.0 Å². The Labute approximate surface area is 79.2 Å². The van der Waals surface area contributed by atoms with Crippen molar-refractivity contribution in [3.8, 4) is 0 Å². The van der Waals surface area contributed by atoms with Gasteiger partial charge in [-0.05, 0) is 12.8 Å². The molecule has 1 aliphatic rings. The number of nitrogens with two attached hydrogens (primary N) is 2. The van der Waals surface area contributed by atoms with E-state index in [0.29, 0.717) is 0 Å². The van der Waals surface area contributed by atoms with E-state index in [4.69, 9.17) is 16.9 Å². The maximum Gasteiger partial charge on any atom is 0.0952 e. The molecule has 2 atom stereocenters. The van der Waals surface area contributed by atoms with Crippen LogP contribution in [0.4, 0.5) is 0 Å². The minimum absolute atomic E-state index is 0. The Hall–Kier alpha value is 0.01000. The summed E-state index contributed by atoms with van der Waals surface area (Å²) in [5, 5.41) is 7.12. The minimum Gasteiger partial charge on any atom is -0.387 e. The van der Waals surface area contributed by atoms with Gasteiger partial charge in [0.25, 0.3) is 0 Å².